The van der Waals surface area contributed by atoms with Crippen LogP contribution in [0.5, 0.6) is 5.75 Å². The van der Waals surface area contributed by atoms with Crippen LogP contribution in [0.25, 0.3) is 10.8 Å². The van der Waals surface area contributed by atoms with Crippen molar-refractivity contribution in [3.63, 3.8) is 0 Å². The highest BCUT2D eigenvalue weighted by molar-refractivity contribution is 5.87. The van der Waals surface area contributed by atoms with E-state index in [9.17, 15) is 14.4 Å². The van der Waals surface area contributed by atoms with E-state index in [0.29, 0.717) is 29.4 Å². The number of carbonyl (C=O) groups is 2. The number of esters is 1. The van der Waals surface area contributed by atoms with E-state index in [-0.39, 0.29) is 31.2 Å². The monoisotopic (exact) mass is 507 g/mol. The highest BCUT2D eigenvalue weighted by Gasteiger charge is 2.18. The number of benzene rings is 2. The Morgan fingerprint density at radius 2 is 1.70 bits per heavy atom. The highest BCUT2D eigenvalue weighted by atomic mass is 16.5. The van der Waals surface area contributed by atoms with Crippen molar-refractivity contribution in [1.82, 2.24) is 20.0 Å². The highest BCUT2D eigenvalue weighted by Crippen LogP contribution is 2.20. The number of rotatable bonds is 10. The van der Waals surface area contributed by atoms with Crippen LogP contribution >= 0.6 is 0 Å². The largest absolute Gasteiger partial charge is 0.497 e. The summed E-state index contributed by atoms with van der Waals surface area (Å²) in [5.41, 5.74) is 1.28. The van der Waals surface area contributed by atoms with Gasteiger partial charge in [-0.25, -0.2) is 4.68 Å². The second kappa shape index (κ2) is 12.4. The van der Waals surface area contributed by atoms with Gasteiger partial charge in [-0.05, 0) is 37.3 Å². The Kier molecular flexibility index (Phi) is 8.73. The second-order valence-electron chi connectivity index (χ2n) is 8.81. The van der Waals surface area contributed by atoms with E-state index in [4.69, 9.17) is 9.47 Å². The maximum Gasteiger partial charge on any atom is 0.311 e. The maximum absolute atomic E-state index is 12.9. The number of hydrogen-bond acceptors (Lipinski definition) is 8. The van der Waals surface area contributed by atoms with Crippen molar-refractivity contribution in [2.24, 2.45) is 0 Å². The first-order valence-electron chi connectivity index (χ1n) is 12.5. The van der Waals surface area contributed by atoms with Gasteiger partial charge in [-0.3, -0.25) is 19.3 Å². The van der Waals surface area contributed by atoms with Crippen molar-refractivity contribution < 1.29 is 19.1 Å². The normalized spacial score (nSPS) is 13.9. The van der Waals surface area contributed by atoms with Crippen molar-refractivity contribution in [2.75, 3.05) is 51.3 Å². The van der Waals surface area contributed by atoms with Gasteiger partial charge < -0.3 is 19.7 Å². The van der Waals surface area contributed by atoms with Crippen LogP contribution in [-0.2, 0) is 27.4 Å². The molecule has 196 valence electrons. The third kappa shape index (κ3) is 6.65. The molecule has 1 amide bonds. The smallest absolute Gasteiger partial charge is 0.311 e. The molecule has 0 unspecified atom stereocenters. The Bertz CT molecular complexity index is 1280. The summed E-state index contributed by atoms with van der Waals surface area (Å²) in [5.74, 6) is 0.262. The number of carbonyl (C=O) groups excluding carboxylic acids is 2. The van der Waals surface area contributed by atoms with E-state index in [1.165, 1.54) is 4.68 Å². The molecular weight excluding hydrogens is 474 g/mol. The van der Waals surface area contributed by atoms with Crippen LogP contribution in [0.4, 0.5) is 5.69 Å². The molecular formula is C27H33N5O5. The quantitative estimate of drug-likeness (QED) is 0.414. The summed E-state index contributed by atoms with van der Waals surface area (Å²) < 4.78 is 11.5. The van der Waals surface area contributed by atoms with Crippen LogP contribution in [-0.4, -0.2) is 73.0 Å². The Balaban J connectivity index is 1.30. The van der Waals surface area contributed by atoms with Gasteiger partial charge in [-0.15, -0.1) is 0 Å². The van der Waals surface area contributed by atoms with E-state index in [1.807, 2.05) is 12.1 Å². The lowest BCUT2D eigenvalue weighted by molar-refractivity contribution is -0.142. The van der Waals surface area contributed by atoms with Gasteiger partial charge in [0.15, 0.2) is 0 Å². The van der Waals surface area contributed by atoms with Gasteiger partial charge in [0.2, 0.25) is 5.91 Å². The fourth-order valence-electron chi connectivity index (χ4n) is 4.43. The van der Waals surface area contributed by atoms with Gasteiger partial charge in [0.1, 0.15) is 12.4 Å². The Hall–Kier alpha value is -3.92. The van der Waals surface area contributed by atoms with Gasteiger partial charge >= 0.3 is 5.97 Å². The molecule has 0 saturated carbocycles. The van der Waals surface area contributed by atoms with E-state index in [0.717, 1.165) is 37.6 Å². The Labute approximate surface area is 215 Å². The average molecular weight is 508 g/mol. The molecule has 10 nitrogen and oxygen atoms in total. The third-order valence-corrected chi connectivity index (χ3v) is 6.45. The standard InChI is InChI=1S/C27H33N5O5/c1-3-37-26(34)18-24-22-6-4-5-7-23(22)27(35)32(29-24)19-28-25(33)12-13-30-14-16-31(17-15-30)20-8-10-21(36-2)11-9-20/h4-11H,3,12-19H2,1-2H3,(H,28,33). The van der Waals surface area contributed by atoms with E-state index >= 15 is 0 Å². The fraction of sp³-hybridized carbons (Fsp3) is 0.407. The number of fused-ring (bicyclic) bond motifs is 1. The zero-order valence-corrected chi connectivity index (χ0v) is 21.3. The molecule has 0 bridgehead atoms. The molecule has 0 aliphatic carbocycles. The fourth-order valence-corrected chi connectivity index (χ4v) is 4.43. The first-order valence-corrected chi connectivity index (χ1v) is 12.5. The Morgan fingerprint density at radius 1 is 1.00 bits per heavy atom. The minimum absolute atomic E-state index is 0.0505. The molecule has 1 fully saturated rings. The van der Waals surface area contributed by atoms with Crippen LogP contribution in [0.1, 0.15) is 19.0 Å². The number of nitrogens with one attached hydrogen (secondary N) is 1. The summed E-state index contributed by atoms with van der Waals surface area (Å²) in [4.78, 5) is 42.1. The minimum atomic E-state index is -0.415. The summed E-state index contributed by atoms with van der Waals surface area (Å²) in [5, 5.41) is 8.20. The predicted molar refractivity (Wildman–Crippen MR) is 141 cm³/mol. The minimum Gasteiger partial charge on any atom is -0.497 e. The number of nitrogens with zero attached hydrogens (tertiary/aromatic N) is 4. The number of methoxy groups -OCH3 is 1. The molecule has 1 N–H and O–H groups in total. The number of piperazine rings is 1. The van der Waals surface area contributed by atoms with Crippen LogP contribution < -0.4 is 20.5 Å². The molecule has 2 aromatic carbocycles. The van der Waals surface area contributed by atoms with Crippen molar-refractivity contribution in [1.29, 1.82) is 0 Å². The van der Waals surface area contributed by atoms with Crippen LogP contribution in [0.3, 0.4) is 0 Å². The molecule has 4 rings (SSSR count). The lowest BCUT2D eigenvalue weighted by Crippen LogP contribution is -2.47. The molecule has 2 heterocycles. The number of hydrogen-bond donors (Lipinski definition) is 1. The molecule has 1 saturated heterocycles. The number of amides is 1. The van der Waals surface area contributed by atoms with E-state index in [1.54, 1.807) is 38.3 Å². The van der Waals surface area contributed by atoms with Crippen LogP contribution in [0.15, 0.2) is 53.3 Å². The summed E-state index contributed by atoms with van der Waals surface area (Å²) in [6.45, 7) is 6.06. The van der Waals surface area contributed by atoms with Crippen molar-refractivity contribution in [3.05, 3.63) is 64.6 Å². The lowest BCUT2D eigenvalue weighted by Gasteiger charge is -2.36. The average Bonchev–Trinajstić information content (AvgIpc) is 2.93. The molecule has 0 atom stereocenters. The van der Waals surface area contributed by atoms with Crippen LogP contribution in [0.2, 0.25) is 0 Å². The number of aromatic nitrogens is 2. The predicted octanol–water partition coefficient (Wildman–Crippen LogP) is 1.80. The summed E-state index contributed by atoms with van der Waals surface area (Å²) in [6, 6.07) is 15.0. The zero-order valence-electron chi connectivity index (χ0n) is 21.3. The molecule has 10 heteroatoms. The first-order chi connectivity index (χ1) is 18.0. The third-order valence-electron chi connectivity index (χ3n) is 6.45. The number of ether oxygens (including phenoxy) is 2. The molecule has 1 aliphatic heterocycles. The molecule has 1 aliphatic rings. The molecule has 37 heavy (non-hydrogen) atoms. The van der Waals surface area contributed by atoms with Gasteiger partial charge in [-0.2, -0.15) is 5.10 Å². The second-order valence-corrected chi connectivity index (χ2v) is 8.81. The summed E-state index contributed by atoms with van der Waals surface area (Å²) >= 11 is 0. The van der Waals surface area contributed by atoms with Crippen molar-refractivity contribution in [3.8, 4) is 5.75 Å². The lowest BCUT2D eigenvalue weighted by atomic mass is 10.1. The maximum atomic E-state index is 12.9. The topological polar surface area (TPSA) is 106 Å². The summed E-state index contributed by atoms with van der Waals surface area (Å²) in [7, 11) is 1.66. The van der Waals surface area contributed by atoms with Crippen LogP contribution in [0, 0.1) is 0 Å². The first kappa shape index (κ1) is 26.2. The van der Waals surface area contributed by atoms with Gasteiger partial charge in [0, 0.05) is 50.2 Å². The Morgan fingerprint density at radius 3 is 2.38 bits per heavy atom. The zero-order chi connectivity index (χ0) is 26.2. The SMILES string of the molecule is CCOC(=O)Cc1nn(CNC(=O)CCN2CCN(c3ccc(OC)cc3)CC2)c(=O)c2ccccc12. The van der Waals surface area contributed by atoms with Crippen molar-refractivity contribution >= 4 is 28.3 Å². The molecule has 0 radical (unpaired) electrons. The molecule has 3 aromatic rings. The molecule has 1 aromatic heterocycles. The molecule has 0 spiro atoms. The van der Waals surface area contributed by atoms with Gasteiger partial charge in [0.05, 0.1) is 31.2 Å². The van der Waals surface area contributed by atoms with Gasteiger partial charge in [-0.1, -0.05) is 18.2 Å². The number of anilines is 1. The summed E-state index contributed by atoms with van der Waals surface area (Å²) in [6.07, 6.45) is 0.269. The van der Waals surface area contributed by atoms with Crippen molar-refractivity contribution in [2.45, 2.75) is 26.4 Å². The van der Waals surface area contributed by atoms with E-state index < -0.39 is 5.97 Å². The van der Waals surface area contributed by atoms with Gasteiger partial charge in [0.25, 0.3) is 5.56 Å². The van der Waals surface area contributed by atoms with E-state index in [2.05, 4.69) is 32.3 Å².